The Morgan fingerprint density at radius 3 is 2.69 bits per heavy atom. The Balaban J connectivity index is 2.59. The molecule has 0 atom stereocenters. The fourth-order valence-electron chi connectivity index (χ4n) is 1.74. The molecule has 1 aliphatic rings. The molecule has 1 amide bonds. The Morgan fingerprint density at radius 1 is 1.31 bits per heavy atom. The minimum atomic E-state index is -0.484. The van der Waals surface area contributed by atoms with E-state index in [0.29, 0.717) is 11.1 Å². The van der Waals surface area contributed by atoms with E-state index in [-0.39, 0.29) is 5.91 Å². The predicted octanol–water partition coefficient (Wildman–Crippen LogP) is 1.59. The van der Waals surface area contributed by atoms with Crippen molar-refractivity contribution in [2.24, 2.45) is 0 Å². The number of carbonyl (C=O) groups is 2. The summed E-state index contributed by atoms with van der Waals surface area (Å²) >= 11 is 0. The van der Waals surface area contributed by atoms with E-state index in [9.17, 15) is 9.59 Å². The molecule has 1 aromatic carbocycles. The number of anilines is 1. The lowest BCUT2D eigenvalue weighted by molar-refractivity contribution is -0.136. The molecular formula is C12H11NO3. The van der Waals surface area contributed by atoms with E-state index < -0.39 is 5.97 Å². The highest BCUT2D eigenvalue weighted by atomic mass is 16.5. The van der Waals surface area contributed by atoms with Gasteiger partial charge in [-0.05, 0) is 13.0 Å². The van der Waals surface area contributed by atoms with Crippen molar-refractivity contribution in [1.29, 1.82) is 0 Å². The Bertz CT molecular complexity index is 503. The van der Waals surface area contributed by atoms with Gasteiger partial charge in [0.25, 0.3) is 5.91 Å². The lowest BCUT2D eigenvalue weighted by Crippen LogP contribution is -2.10. The van der Waals surface area contributed by atoms with Gasteiger partial charge < -0.3 is 10.1 Å². The molecule has 0 bridgehead atoms. The lowest BCUT2D eigenvalue weighted by Gasteiger charge is -2.02. The highest BCUT2D eigenvalue weighted by Crippen LogP contribution is 2.33. The SMILES string of the molecule is COC(=O)C(C)=C1C(=O)Nc2ccccc21. The van der Waals surface area contributed by atoms with Gasteiger partial charge in [0.2, 0.25) is 0 Å². The monoisotopic (exact) mass is 217 g/mol. The molecule has 2 rings (SSSR count). The van der Waals surface area contributed by atoms with Gasteiger partial charge in [0.05, 0.1) is 12.7 Å². The van der Waals surface area contributed by atoms with E-state index in [1.54, 1.807) is 19.1 Å². The first-order valence-electron chi connectivity index (χ1n) is 4.85. The maximum atomic E-state index is 11.7. The molecule has 82 valence electrons. The van der Waals surface area contributed by atoms with Crippen molar-refractivity contribution in [3.63, 3.8) is 0 Å². The van der Waals surface area contributed by atoms with Crippen molar-refractivity contribution in [1.82, 2.24) is 0 Å². The van der Waals surface area contributed by atoms with Gasteiger partial charge in [-0.2, -0.15) is 0 Å². The average Bonchev–Trinajstić information content (AvgIpc) is 2.63. The quantitative estimate of drug-likeness (QED) is 0.574. The van der Waals surface area contributed by atoms with Crippen molar-refractivity contribution < 1.29 is 14.3 Å². The molecule has 1 N–H and O–H groups in total. The van der Waals surface area contributed by atoms with Gasteiger partial charge in [-0.3, -0.25) is 4.79 Å². The second-order valence-electron chi connectivity index (χ2n) is 3.49. The zero-order chi connectivity index (χ0) is 11.7. The van der Waals surface area contributed by atoms with Crippen LogP contribution in [-0.4, -0.2) is 19.0 Å². The fraction of sp³-hybridized carbons (Fsp3) is 0.167. The molecule has 0 saturated carbocycles. The molecule has 4 heteroatoms. The molecule has 4 nitrogen and oxygen atoms in total. The summed E-state index contributed by atoms with van der Waals surface area (Å²) in [7, 11) is 1.30. The van der Waals surface area contributed by atoms with Crippen LogP contribution >= 0.6 is 0 Å². The van der Waals surface area contributed by atoms with Gasteiger partial charge in [-0.15, -0.1) is 0 Å². The number of amides is 1. The van der Waals surface area contributed by atoms with Gasteiger partial charge in [0.1, 0.15) is 0 Å². The highest BCUT2D eigenvalue weighted by Gasteiger charge is 2.27. The molecule has 16 heavy (non-hydrogen) atoms. The Hall–Kier alpha value is -2.10. The number of benzene rings is 1. The molecule has 0 radical (unpaired) electrons. The number of rotatable bonds is 1. The van der Waals surface area contributed by atoms with E-state index in [1.165, 1.54) is 7.11 Å². The van der Waals surface area contributed by atoms with Gasteiger partial charge in [-0.1, -0.05) is 18.2 Å². The number of carbonyl (C=O) groups excluding carboxylic acids is 2. The fourth-order valence-corrected chi connectivity index (χ4v) is 1.74. The number of fused-ring (bicyclic) bond motifs is 1. The van der Waals surface area contributed by atoms with E-state index in [0.717, 1.165) is 11.3 Å². The van der Waals surface area contributed by atoms with Crippen LogP contribution in [0.1, 0.15) is 12.5 Å². The standard InChI is InChI=1S/C12H11NO3/c1-7(12(15)16-2)10-8-5-3-4-6-9(8)13-11(10)14/h3-6H,1-2H3,(H,13,14). The number of hydrogen-bond donors (Lipinski definition) is 1. The zero-order valence-electron chi connectivity index (χ0n) is 9.03. The van der Waals surface area contributed by atoms with E-state index in [1.807, 2.05) is 12.1 Å². The second-order valence-corrected chi connectivity index (χ2v) is 3.49. The van der Waals surface area contributed by atoms with Crippen LogP contribution in [0, 0.1) is 0 Å². The molecule has 0 aromatic heterocycles. The smallest absolute Gasteiger partial charge is 0.334 e. The van der Waals surface area contributed by atoms with Crippen LogP contribution in [0.5, 0.6) is 0 Å². The maximum absolute atomic E-state index is 11.7. The van der Waals surface area contributed by atoms with E-state index >= 15 is 0 Å². The van der Waals surface area contributed by atoms with E-state index in [4.69, 9.17) is 0 Å². The molecule has 1 aliphatic heterocycles. The van der Waals surface area contributed by atoms with Crippen molar-refractivity contribution in [3.05, 3.63) is 35.4 Å². The Morgan fingerprint density at radius 2 is 2.00 bits per heavy atom. The van der Waals surface area contributed by atoms with Gasteiger partial charge in [-0.25, -0.2) is 4.79 Å². The summed E-state index contributed by atoms with van der Waals surface area (Å²) in [6.07, 6.45) is 0. The van der Waals surface area contributed by atoms with Gasteiger partial charge in [0, 0.05) is 16.8 Å². The normalized spacial score (nSPS) is 16.5. The molecule has 0 unspecified atom stereocenters. The summed E-state index contributed by atoms with van der Waals surface area (Å²) in [4.78, 5) is 23.1. The number of esters is 1. The van der Waals surface area contributed by atoms with Crippen molar-refractivity contribution in [2.75, 3.05) is 12.4 Å². The first-order chi connectivity index (χ1) is 7.65. The molecule has 0 saturated heterocycles. The van der Waals surface area contributed by atoms with Crippen LogP contribution in [-0.2, 0) is 14.3 Å². The summed E-state index contributed by atoms with van der Waals surface area (Å²) in [5, 5.41) is 2.70. The zero-order valence-corrected chi connectivity index (χ0v) is 9.03. The number of ether oxygens (including phenoxy) is 1. The molecule has 1 aromatic rings. The molecule has 0 spiro atoms. The largest absolute Gasteiger partial charge is 0.466 e. The molecule has 0 fully saturated rings. The second kappa shape index (κ2) is 3.81. The third-order valence-corrected chi connectivity index (χ3v) is 2.54. The minimum Gasteiger partial charge on any atom is -0.466 e. The summed E-state index contributed by atoms with van der Waals surface area (Å²) in [5.74, 6) is -0.744. The third-order valence-electron chi connectivity index (χ3n) is 2.54. The minimum absolute atomic E-state index is 0.260. The van der Waals surface area contributed by atoms with Crippen LogP contribution in [0.3, 0.4) is 0 Å². The van der Waals surface area contributed by atoms with Gasteiger partial charge in [0.15, 0.2) is 0 Å². The van der Waals surface area contributed by atoms with Crippen molar-refractivity contribution in [2.45, 2.75) is 6.92 Å². The van der Waals surface area contributed by atoms with Crippen LogP contribution in [0.25, 0.3) is 5.57 Å². The number of nitrogens with one attached hydrogen (secondary N) is 1. The maximum Gasteiger partial charge on any atom is 0.334 e. The lowest BCUT2D eigenvalue weighted by atomic mass is 10.0. The molecule has 0 aliphatic carbocycles. The van der Waals surface area contributed by atoms with Crippen molar-refractivity contribution >= 4 is 23.1 Å². The Labute approximate surface area is 92.9 Å². The molecule has 1 heterocycles. The first kappa shape index (κ1) is 10.4. The number of methoxy groups -OCH3 is 1. The topological polar surface area (TPSA) is 55.4 Å². The third kappa shape index (κ3) is 1.48. The highest BCUT2D eigenvalue weighted by molar-refractivity contribution is 6.34. The Kier molecular flexibility index (Phi) is 2.48. The van der Waals surface area contributed by atoms with Crippen molar-refractivity contribution in [3.8, 4) is 0 Å². The van der Waals surface area contributed by atoms with Crippen LogP contribution in [0.4, 0.5) is 5.69 Å². The summed E-state index contributed by atoms with van der Waals surface area (Å²) in [5.41, 5.74) is 2.19. The summed E-state index contributed by atoms with van der Waals surface area (Å²) in [6.45, 7) is 1.59. The van der Waals surface area contributed by atoms with Crippen LogP contribution in [0.15, 0.2) is 29.8 Å². The van der Waals surface area contributed by atoms with E-state index in [2.05, 4.69) is 10.1 Å². The predicted molar refractivity (Wildman–Crippen MR) is 59.7 cm³/mol. The number of hydrogen-bond acceptors (Lipinski definition) is 3. The number of para-hydroxylation sites is 1. The van der Waals surface area contributed by atoms with Crippen LogP contribution in [0.2, 0.25) is 0 Å². The molecular weight excluding hydrogens is 206 g/mol. The summed E-state index contributed by atoms with van der Waals surface area (Å²) < 4.78 is 4.61. The average molecular weight is 217 g/mol. The first-order valence-corrected chi connectivity index (χ1v) is 4.85. The van der Waals surface area contributed by atoms with Gasteiger partial charge >= 0.3 is 5.97 Å². The van der Waals surface area contributed by atoms with Crippen LogP contribution < -0.4 is 5.32 Å². The summed E-state index contributed by atoms with van der Waals surface area (Å²) in [6, 6.07) is 7.25.